The molecule has 20 heavy (non-hydrogen) atoms. The first kappa shape index (κ1) is 15.0. The number of piperazine rings is 1. The van der Waals surface area contributed by atoms with Crippen molar-refractivity contribution in [1.82, 2.24) is 25.2 Å². The second-order valence-electron chi connectivity index (χ2n) is 6.23. The van der Waals surface area contributed by atoms with Gasteiger partial charge in [0.1, 0.15) is 0 Å². The third kappa shape index (κ3) is 3.79. The SMILES string of the molecule is CC(C)CCn1cc(C(=O)N2C[C@@H](C)N[C@H](C)C2)nn1. The number of aromatic nitrogens is 3. The molecular formula is C14H25N5O. The lowest BCUT2D eigenvalue weighted by atomic mass is 10.1. The van der Waals surface area contributed by atoms with E-state index in [2.05, 4.69) is 43.3 Å². The lowest BCUT2D eigenvalue weighted by Crippen LogP contribution is -2.55. The molecule has 1 N–H and O–H groups in total. The van der Waals surface area contributed by atoms with Crippen molar-refractivity contribution >= 4 is 5.91 Å². The summed E-state index contributed by atoms with van der Waals surface area (Å²) in [6.07, 6.45) is 2.81. The maximum Gasteiger partial charge on any atom is 0.276 e. The summed E-state index contributed by atoms with van der Waals surface area (Å²) >= 11 is 0. The highest BCUT2D eigenvalue weighted by Gasteiger charge is 2.27. The summed E-state index contributed by atoms with van der Waals surface area (Å²) < 4.78 is 1.77. The summed E-state index contributed by atoms with van der Waals surface area (Å²) in [4.78, 5) is 14.3. The fraction of sp³-hybridized carbons (Fsp3) is 0.786. The van der Waals surface area contributed by atoms with E-state index in [0.717, 1.165) is 26.1 Å². The molecular weight excluding hydrogens is 254 g/mol. The van der Waals surface area contributed by atoms with Crippen molar-refractivity contribution in [3.8, 4) is 0 Å². The van der Waals surface area contributed by atoms with E-state index in [1.54, 1.807) is 10.9 Å². The molecule has 0 aliphatic carbocycles. The minimum Gasteiger partial charge on any atom is -0.334 e. The van der Waals surface area contributed by atoms with Gasteiger partial charge >= 0.3 is 0 Å². The second-order valence-corrected chi connectivity index (χ2v) is 6.23. The van der Waals surface area contributed by atoms with Crippen molar-refractivity contribution in [3.63, 3.8) is 0 Å². The Kier molecular flexibility index (Phi) is 4.75. The van der Waals surface area contributed by atoms with Gasteiger partial charge in [-0.15, -0.1) is 5.10 Å². The van der Waals surface area contributed by atoms with Crippen LogP contribution in [0.1, 0.15) is 44.6 Å². The van der Waals surface area contributed by atoms with Crippen LogP contribution < -0.4 is 5.32 Å². The van der Waals surface area contributed by atoms with Gasteiger partial charge in [-0.05, 0) is 26.2 Å². The van der Waals surface area contributed by atoms with Gasteiger partial charge < -0.3 is 10.2 Å². The number of nitrogens with zero attached hydrogens (tertiary/aromatic N) is 4. The first-order valence-electron chi connectivity index (χ1n) is 7.41. The molecule has 0 radical (unpaired) electrons. The smallest absolute Gasteiger partial charge is 0.276 e. The molecule has 2 rings (SSSR count). The maximum atomic E-state index is 12.4. The summed E-state index contributed by atoms with van der Waals surface area (Å²) in [6.45, 7) is 10.8. The number of amides is 1. The molecule has 6 nitrogen and oxygen atoms in total. The zero-order valence-corrected chi connectivity index (χ0v) is 12.8. The Morgan fingerprint density at radius 3 is 2.65 bits per heavy atom. The number of rotatable bonds is 4. The number of aryl methyl sites for hydroxylation is 1. The van der Waals surface area contributed by atoms with Crippen LogP contribution in [0, 0.1) is 5.92 Å². The molecule has 1 aliphatic rings. The topological polar surface area (TPSA) is 63.1 Å². The molecule has 1 aliphatic heterocycles. The highest BCUT2D eigenvalue weighted by Crippen LogP contribution is 2.09. The average Bonchev–Trinajstić information content (AvgIpc) is 2.83. The van der Waals surface area contributed by atoms with Crippen LogP contribution in [-0.4, -0.2) is 51.0 Å². The van der Waals surface area contributed by atoms with Crippen molar-refractivity contribution in [3.05, 3.63) is 11.9 Å². The lowest BCUT2D eigenvalue weighted by molar-refractivity contribution is 0.0667. The zero-order chi connectivity index (χ0) is 14.7. The van der Waals surface area contributed by atoms with Gasteiger partial charge in [0.25, 0.3) is 5.91 Å². The molecule has 1 amide bonds. The Labute approximate surface area is 120 Å². The minimum absolute atomic E-state index is 0.0130. The standard InChI is InChI=1S/C14H25N5O/c1-10(2)5-6-19-9-13(16-17-19)14(20)18-7-11(3)15-12(4)8-18/h9-12,15H,5-8H2,1-4H3/t11-,12-/m1/s1. The predicted octanol–water partition coefficient (Wildman–Crippen LogP) is 1.15. The van der Waals surface area contributed by atoms with Crippen molar-refractivity contribution in [2.45, 2.75) is 52.7 Å². The van der Waals surface area contributed by atoms with Crippen LogP contribution in [0.5, 0.6) is 0 Å². The van der Waals surface area contributed by atoms with Gasteiger partial charge in [0.2, 0.25) is 0 Å². The maximum absolute atomic E-state index is 12.4. The third-order valence-corrected chi connectivity index (χ3v) is 3.54. The summed E-state index contributed by atoms with van der Waals surface area (Å²) in [5.74, 6) is 0.606. The van der Waals surface area contributed by atoms with E-state index in [4.69, 9.17) is 0 Å². The van der Waals surface area contributed by atoms with E-state index in [9.17, 15) is 4.79 Å². The van der Waals surface area contributed by atoms with Crippen molar-refractivity contribution in [2.24, 2.45) is 5.92 Å². The Hall–Kier alpha value is -1.43. The molecule has 0 aromatic carbocycles. The summed E-state index contributed by atoms with van der Waals surface area (Å²) in [6, 6.07) is 0.636. The van der Waals surface area contributed by atoms with Gasteiger partial charge in [0.15, 0.2) is 5.69 Å². The number of carbonyl (C=O) groups excluding carboxylic acids is 1. The Morgan fingerprint density at radius 2 is 2.05 bits per heavy atom. The quantitative estimate of drug-likeness (QED) is 0.898. The van der Waals surface area contributed by atoms with E-state index in [-0.39, 0.29) is 5.91 Å². The fourth-order valence-electron chi connectivity index (χ4n) is 2.55. The molecule has 6 heteroatoms. The zero-order valence-electron chi connectivity index (χ0n) is 12.8. The van der Waals surface area contributed by atoms with Crippen LogP contribution in [0.25, 0.3) is 0 Å². The van der Waals surface area contributed by atoms with Gasteiger partial charge in [-0.25, -0.2) is 0 Å². The fourth-order valence-corrected chi connectivity index (χ4v) is 2.55. The minimum atomic E-state index is -0.0130. The van der Waals surface area contributed by atoms with Crippen LogP contribution in [-0.2, 0) is 6.54 Å². The first-order valence-corrected chi connectivity index (χ1v) is 7.41. The van der Waals surface area contributed by atoms with E-state index in [0.29, 0.717) is 23.7 Å². The Morgan fingerprint density at radius 1 is 1.40 bits per heavy atom. The summed E-state index contributed by atoms with van der Waals surface area (Å²) in [5.41, 5.74) is 0.454. The monoisotopic (exact) mass is 279 g/mol. The highest BCUT2D eigenvalue weighted by molar-refractivity contribution is 5.92. The molecule has 2 atom stereocenters. The van der Waals surface area contributed by atoms with E-state index in [1.807, 2.05) is 4.90 Å². The van der Waals surface area contributed by atoms with Gasteiger partial charge in [-0.1, -0.05) is 19.1 Å². The number of carbonyl (C=O) groups is 1. The van der Waals surface area contributed by atoms with E-state index < -0.39 is 0 Å². The normalized spacial score (nSPS) is 23.4. The lowest BCUT2D eigenvalue weighted by Gasteiger charge is -2.35. The van der Waals surface area contributed by atoms with Crippen molar-refractivity contribution in [1.29, 1.82) is 0 Å². The molecule has 1 aromatic rings. The number of hydrogen-bond donors (Lipinski definition) is 1. The summed E-state index contributed by atoms with van der Waals surface area (Å²) in [5, 5.41) is 11.5. The van der Waals surface area contributed by atoms with Crippen LogP contribution in [0.3, 0.4) is 0 Å². The Balaban J connectivity index is 1.98. The molecule has 112 valence electrons. The molecule has 0 spiro atoms. The molecule has 0 bridgehead atoms. The summed E-state index contributed by atoms with van der Waals surface area (Å²) in [7, 11) is 0. The van der Waals surface area contributed by atoms with Crippen LogP contribution in [0.2, 0.25) is 0 Å². The highest BCUT2D eigenvalue weighted by atomic mass is 16.2. The molecule has 1 fully saturated rings. The van der Waals surface area contributed by atoms with Gasteiger partial charge in [-0.3, -0.25) is 9.48 Å². The van der Waals surface area contributed by atoms with Crippen LogP contribution >= 0.6 is 0 Å². The van der Waals surface area contributed by atoms with Gasteiger partial charge in [0.05, 0.1) is 6.20 Å². The molecule has 2 heterocycles. The van der Waals surface area contributed by atoms with Crippen LogP contribution in [0.15, 0.2) is 6.20 Å². The third-order valence-electron chi connectivity index (χ3n) is 3.54. The largest absolute Gasteiger partial charge is 0.334 e. The van der Waals surface area contributed by atoms with Crippen LogP contribution in [0.4, 0.5) is 0 Å². The number of nitrogens with one attached hydrogen (secondary N) is 1. The van der Waals surface area contributed by atoms with Crippen molar-refractivity contribution < 1.29 is 4.79 Å². The van der Waals surface area contributed by atoms with Gasteiger partial charge in [0, 0.05) is 31.7 Å². The molecule has 1 aromatic heterocycles. The average molecular weight is 279 g/mol. The first-order chi connectivity index (χ1) is 9.45. The molecule has 0 unspecified atom stereocenters. The van der Waals surface area contributed by atoms with E-state index >= 15 is 0 Å². The molecule has 1 saturated heterocycles. The Bertz CT molecular complexity index is 446. The molecule has 0 saturated carbocycles. The second kappa shape index (κ2) is 6.35. The predicted molar refractivity (Wildman–Crippen MR) is 77.4 cm³/mol. The van der Waals surface area contributed by atoms with Crippen molar-refractivity contribution in [2.75, 3.05) is 13.1 Å². The van der Waals surface area contributed by atoms with Gasteiger partial charge in [-0.2, -0.15) is 0 Å². The van der Waals surface area contributed by atoms with E-state index in [1.165, 1.54) is 0 Å². The number of hydrogen-bond acceptors (Lipinski definition) is 4.